The Morgan fingerprint density at radius 1 is 1.20 bits per heavy atom. The van der Waals surface area contributed by atoms with Crippen molar-refractivity contribution in [2.45, 2.75) is 5.97 Å². The summed E-state index contributed by atoms with van der Waals surface area (Å²) in [5.74, 6) is -1.02. The van der Waals surface area contributed by atoms with Crippen molar-refractivity contribution in [2.24, 2.45) is 0 Å². The van der Waals surface area contributed by atoms with Gasteiger partial charge in [0.1, 0.15) is 0 Å². The van der Waals surface area contributed by atoms with Crippen LogP contribution in [-0.4, -0.2) is 57.4 Å². The van der Waals surface area contributed by atoms with Crippen molar-refractivity contribution in [1.29, 1.82) is 0 Å². The normalized spacial score (nSPS) is 12.0. The Morgan fingerprint density at radius 2 is 1.70 bits per heavy atom. The molecule has 60 valence electrons. The molecule has 0 saturated carbocycles. The predicted molar refractivity (Wildman–Crippen MR) is 35.5 cm³/mol. The van der Waals surface area contributed by atoms with Gasteiger partial charge in [0.25, 0.3) is 0 Å². The Hall–Kier alpha value is 0.658. The van der Waals surface area contributed by atoms with E-state index in [4.69, 9.17) is 17.2 Å². The Labute approximate surface area is 74.8 Å². The summed E-state index contributed by atoms with van der Waals surface area (Å²) in [5.41, 5.74) is 0. The van der Waals surface area contributed by atoms with Gasteiger partial charge in [-0.05, 0) is 0 Å². The van der Waals surface area contributed by atoms with Crippen molar-refractivity contribution in [3.8, 4) is 0 Å². The number of rotatable bonds is 5. The second-order valence-electron chi connectivity index (χ2n) is 1.62. The van der Waals surface area contributed by atoms with Crippen LogP contribution in [0.5, 0.6) is 0 Å². The Balaban J connectivity index is 3.87. The van der Waals surface area contributed by atoms with E-state index in [0.29, 0.717) is 0 Å². The van der Waals surface area contributed by atoms with E-state index in [9.17, 15) is 0 Å². The van der Waals surface area contributed by atoms with E-state index in [2.05, 4.69) is 0 Å². The van der Waals surface area contributed by atoms with Crippen LogP contribution in [0, 0.1) is 0 Å². The summed E-state index contributed by atoms with van der Waals surface area (Å²) in [4.78, 5) is 0. The molecule has 0 aromatic carbocycles. The molecule has 0 heterocycles. The van der Waals surface area contributed by atoms with Crippen molar-refractivity contribution in [3.63, 3.8) is 0 Å². The van der Waals surface area contributed by atoms with Gasteiger partial charge in [0.15, 0.2) is 0 Å². The summed E-state index contributed by atoms with van der Waals surface area (Å²) in [6, 6.07) is 0. The van der Waals surface area contributed by atoms with Crippen LogP contribution in [0.1, 0.15) is 0 Å². The molecular weight excluding hydrogens is 246 g/mol. The van der Waals surface area contributed by atoms with E-state index in [1.165, 1.54) is 14.2 Å². The van der Waals surface area contributed by atoms with Gasteiger partial charge in [-0.15, -0.1) is 0 Å². The number of hydrogen-bond acceptors (Lipinski definition) is 4. The Kier molecular flexibility index (Phi) is 5.68. The van der Waals surface area contributed by atoms with Crippen LogP contribution in [0.4, 0.5) is 0 Å². The first-order valence-corrected chi connectivity index (χ1v) is 3.70. The quantitative estimate of drug-likeness (QED) is 0.499. The maximum atomic E-state index is 4.96. The van der Waals surface area contributed by atoms with Crippen LogP contribution < -0.4 is 0 Å². The molecule has 0 fully saturated rings. The molecule has 0 amide bonds. The van der Waals surface area contributed by atoms with Gasteiger partial charge in [-0.1, -0.05) is 0 Å². The fraction of sp³-hybridized carbons (Fsp3) is 1.00. The molecule has 0 aromatic heterocycles. The average Bonchev–Trinajstić information content (AvgIpc) is 2.01. The van der Waals surface area contributed by atoms with Crippen molar-refractivity contribution < 1.29 is 17.2 Å². The average molecular weight is 257 g/mol. The predicted octanol–water partition coefficient (Wildman–Crippen LogP) is -0.321. The van der Waals surface area contributed by atoms with E-state index in [1.54, 1.807) is 7.11 Å². The summed E-state index contributed by atoms with van der Waals surface area (Å²) in [6.07, 6.45) is 0. The van der Waals surface area contributed by atoms with E-state index in [1.807, 2.05) is 0 Å². The molecule has 2 radical (unpaired) electrons. The molecule has 0 bridgehead atoms. The third-order valence-corrected chi connectivity index (χ3v) is 1.88. The second kappa shape index (κ2) is 5.33. The van der Waals surface area contributed by atoms with E-state index in [0.717, 1.165) is 23.4 Å². The molecule has 10 heavy (non-hydrogen) atoms. The number of methoxy groups -OCH3 is 3. The first-order chi connectivity index (χ1) is 4.74. The van der Waals surface area contributed by atoms with Gasteiger partial charge in [-0.25, -0.2) is 0 Å². The fourth-order valence-electron chi connectivity index (χ4n) is 0.479. The monoisotopic (exact) mass is 256 g/mol. The van der Waals surface area contributed by atoms with Gasteiger partial charge >= 0.3 is 74.6 Å². The van der Waals surface area contributed by atoms with Crippen LogP contribution in [0.15, 0.2) is 0 Å². The van der Waals surface area contributed by atoms with Gasteiger partial charge in [-0.3, -0.25) is 0 Å². The topological polar surface area (TPSA) is 36.9 Å². The van der Waals surface area contributed by atoms with Crippen molar-refractivity contribution >= 4 is 23.4 Å². The fourth-order valence-corrected chi connectivity index (χ4v) is 1.05. The Morgan fingerprint density at radius 3 is 1.80 bits per heavy atom. The van der Waals surface area contributed by atoms with Crippen LogP contribution in [0.25, 0.3) is 0 Å². The van der Waals surface area contributed by atoms with E-state index in [-0.39, 0.29) is 6.61 Å². The number of ether oxygens (including phenoxy) is 3. The minimum atomic E-state index is -1.02. The van der Waals surface area contributed by atoms with Crippen LogP contribution in [0.3, 0.4) is 0 Å². The summed E-state index contributed by atoms with van der Waals surface area (Å²) in [6.45, 7) is 0.259. The molecule has 0 atom stereocenters. The number of hydrogen-bond donors (Lipinski definition) is 0. The van der Waals surface area contributed by atoms with Crippen LogP contribution in [-0.2, 0) is 17.2 Å². The molecule has 0 aliphatic rings. The first kappa shape index (κ1) is 10.7. The SMILES string of the molecule is COCC(OC)(OC)[O][Sb]. The summed E-state index contributed by atoms with van der Waals surface area (Å²) < 4.78 is 19.6. The zero-order chi connectivity index (χ0) is 8.04. The standard InChI is InChI=1S/C5H11O4.Sb/c1-7-4-5(6,8-2)9-3;/h4H2,1-3H3;/q-1;+1. The van der Waals surface area contributed by atoms with Crippen molar-refractivity contribution in [2.75, 3.05) is 27.9 Å². The van der Waals surface area contributed by atoms with Crippen LogP contribution >= 0.6 is 0 Å². The molecule has 0 aliphatic carbocycles. The Bertz CT molecular complexity index is 75.5. The van der Waals surface area contributed by atoms with E-state index < -0.39 is 5.97 Å². The van der Waals surface area contributed by atoms with Crippen LogP contribution in [0.2, 0.25) is 0 Å². The van der Waals surface area contributed by atoms with Gasteiger partial charge in [0.05, 0.1) is 0 Å². The van der Waals surface area contributed by atoms with Gasteiger partial charge < -0.3 is 0 Å². The molecule has 0 saturated heterocycles. The first-order valence-electron chi connectivity index (χ1n) is 2.66. The van der Waals surface area contributed by atoms with Gasteiger partial charge in [0, 0.05) is 0 Å². The molecule has 0 unspecified atom stereocenters. The maximum absolute atomic E-state index is 4.96. The molecule has 0 rings (SSSR count). The molecule has 0 aliphatic heterocycles. The molecule has 5 heteroatoms. The summed E-state index contributed by atoms with van der Waals surface area (Å²) in [5, 5.41) is 0. The van der Waals surface area contributed by atoms with Crippen molar-refractivity contribution in [3.05, 3.63) is 0 Å². The second-order valence-corrected chi connectivity index (χ2v) is 2.14. The minimum absolute atomic E-state index is 0.259. The third kappa shape index (κ3) is 2.72. The van der Waals surface area contributed by atoms with E-state index >= 15 is 0 Å². The zero-order valence-electron chi connectivity index (χ0n) is 6.29. The molecular formula is C5H11O4Sb. The summed E-state index contributed by atoms with van der Waals surface area (Å²) >= 11 is 1.15. The zero-order valence-corrected chi connectivity index (χ0v) is 8.84. The van der Waals surface area contributed by atoms with Crippen molar-refractivity contribution in [1.82, 2.24) is 0 Å². The van der Waals surface area contributed by atoms with Gasteiger partial charge in [-0.2, -0.15) is 0 Å². The molecule has 0 aromatic rings. The molecule has 4 nitrogen and oxygen atoms in total. The molecule has 0 spiro atoms. The van der Waals surface area contributed by atoms with Gasteiger partial charge in [0.2, 0.25) is 0 Å². The summed E-state index contributed by atoms with van der Waals surface area (Å²) in [7, 11) is 4.55. The third-order valence-electron chi connectivity index (χ3n) is 1.08. The molecule has 0 N–H and O–H groups in total.